The molecule has 0 radical (unpaired) electrons. The van der Waals surface area contributed by atoms with Gasteiger partial charge in [0, 0.05) is 16.5 Å². The third kappa shape index (κ3) is 2.97. The molecule has 0 aliphatic carbocycles. The monoisotopic (exact) mass is 351 g/mol. The molecule has 0 bridgehead atoms. The molecule has 0 fully saturated rings. The average Bonchev–Trinajstić information content (AvgIpc) is 2.51. The zero-order chi connectivity index (χ0) is 14.8. The molecule has 0 saturated carbocycles. The molecule has 2 aromatic rings. The molecule has 1 heterocycles. The van der Waals surface area contributed by atoms with E-state index in [4.69, 9.17) is 9.47 Å². The summed E-state index contributed by atoms with van der Waals surface area (Å²) in [4.78, 5) is 0. The van der Waals surface area contributed by atoms with Crippen molar-refractivity contribution in [2.75, 3.05) is 19.0 Å². The molecule has 5 heteroatoms. The van der Waals surface area contributed by atoms with Gasteiger partial charge >= 0.3 is 0 Å². The van der Waals surface area contributed by atoms with E-state index in [9.17, 15) is 4.39 Å². The van der Waals surface area contributed by atoms with Crippen LogP contribution < -0.4 is 14.8 Å². The van der Waals surface area contributed by atoms with Crippen LogP contribution in [0.1, 0.15) is 18.0 Å². The molecule has 1 aliphatic rings. The second kappa shape index (κ2) is 5.93. The number of methoxy groups -OCH3 is 1. The van der Waals surface area contributed by atoms with Gasteiger partial charge in [-0.05, 0) is 36.4 Å². The summed E-state index contributed by atoms with van der Waals surface area (Å²) in [6, 6.07) is 10.5. The number of fused-ring (bicyclic) bond motifs is 1. The lowest BCUT2D eigenvalue weighted by Gasteiger charge is -2.28. The summed E-state index contributed by atoms with van der Waals surface area (Å²) in [6.45, 7) is 0.604. The van der Waals surface area contributed by atoms with Crippen LogP contribution in [0.4, 0.5) is 10.1 Å². The smallest absolute Gasteiger partial charge is 0.146 e. The number of anilines is 1. The Hall–Kier alpha value is -1.75. The minimum atomic E-state index is -0.269. The zero-order valence-electron chi connectivity index (χ0n) is 11.5. The summed E-state index contributed by atoms with van der Waals surface area (Å²) in [7, 11) is 1.63. The van der Waals surface area contributed by atoms with Gasteiger partial charge in [-0.15, -0.1) is 0 Å². The standard InChI is InChI=1S/C16H15BrFNO2/c1-20-11-3-5-16-12(9-11)14(6-7-21-16)19-15-8-10(17)2-4-13(15)18/h2-5,8-9,14,19H,6-7H2,1H3. The van der Waals surface area contributed by atoms with Gasteiger partial charge in [-0.3, -0.25) is 0 Å². The van der Waals surface area contributed by atoms with Crippen molar-refractivity contribution in [1.82, 2.24) is 0 Å². The van der Waals surface area contributed by atoms with Gasteiger partial charge in [-0.25, -0.2) is 4.39 Å². The topological polar surface area (TPSA) is 30.5 Å². The lowest BCUT2D eigenvalue weighted by atomic mass is 10.00. The summed E-state index contributed by atoms with van der Waals surface area (Å²) >= 11 is 3.36. The van der Waals surface area contributed by atoms with Crippen LogP contribution in [0.2, 0.25) is 0 Å². The highest BCUT2D eigenvalue weighted by molar-refractivity contribution is 9.10. The number of halogens is 2. The van der Waals surface area contributed by atoms with Gasteiger partial charge < -0.3 is 14.8 Å². The van der Waals surface area contributed by atoms with Gasteiger partial charge in [0.25, 0.3) is 0 Å². The Balaban J connectivity index is 1.92. The highest BCUT2D eigenvalue weighted by atomic mass is 79.9. The molecule has 110 valence electrons. The first-order valence-corrected chi connectivity index (χ1v) is 7.49. The molecule has 21 heavy (non-hydrogen) atoms. The Morgan fingerprint density at radius 2 is 2.14 bits per heavy atom. The molecule has 1 unspecified atom stereocenters. The lowest BCUT2D eigenvalue weighted by molar-refractivity contribution is 0.273. The summed E-state index contributed by atoms with van der Waals surface area (Å²) in [5.41, 5.74) is 1.46. The first kappa shape index (κ1) is 14.2. The minimum Gasteiger partial charge on any atom is -0.497 e. The Labute approximate surface area is 131 Å². The molecule has 1 aliphatic heterocycles. The van der Waals surface area contributed by atoms with Gasteiger partial charge in [0.15, 0.2) is 0 Å². The molecule has 0 spiro atoms. The maximum Gasteiger partial charge on any atom is 0.146 e. The summed E-state index contributed by atoms with van der Waals surface area (Å²) in [5, 5.41) is 3.26. The number of benzene rings is 2. The van der Waals surface area contributed by atoms with E-state index >= 15 is 0 Å². The molecule has 0 saturated heterocycles. The first-order valence-electron chi connectivity index (χ1n) is 6.69. The lowest BCUT2D eigenvalue weighted by Crippen LogP contribution is -2.21. The molecule has 3 nitrogen and oxygen atoms in total. The number of rotatable bonds is 3. The second-order valence-electron chi connectivity index (χ2n) is 4.86. The van der Waals surface area contributed by atoms with Crippen molar-refractivity contribution < 1.29 is 13.9 Å². The van der Waals surface area contributed by atoms with Crippen LogP contribution in [-0.4, -0.2) is 13.7 Å². The quantitative estimate of drug-likeness (QED) is 0.880. The minimum absolute atomic E-state index is 0.00681. The third-order valence-electron chi connectivity index (χ3n) is 3.51. The molecule has 3 rings (SSSR count). The molecular formula is C16H15BrFNO2. The van der Waals surface area contributed by atoms with E-state index in [1.54, 1.807) is 19.2 Å². The SMILES string of the molecule is COc1ccc2c(c1)C(Nc1cc(Br)ccc1F)CCO2. The van der Waals surface area contributed by atoms with Crippen LogP contribution in [0, 0.1) is 5.82 Å². The van der Waals surface area contributed by atoms with Gasteiger partial charge in [0.2, 0.25) is 0 Å². The average molecular weight is 352 g/mol. The van der Waals surface area contributed by atoms with Crippen molar-refractivity contribution in [2.24, 2.45) is 0 Å². The van der Waals surface area contributed by atoms with E-state index < -0.39 is 0 Å². The van der Waals surface area contributed by atoms with Crippen LogP contribution in [0.5, 0.6) is 11.5 Å². The number of nitrogens with one attached hydrogen (secondary N) is 1. The predicted octanol–water partition coefficient (Wildman–Crippen LogP) is 4.53. The van der Waals surface area contributed by atoms with Crippen LogP contribution in [-0.2, 0) is 0 Å². The van der Waals surface area contributed by atoms with Crippen molar-refractivity contribution in [1.29, 1.82) is 0 Å². The Morgan fingerprint density at radius 1 is 1.29 bits per heavy atom. The number of ether oxygens (including phenoxy) is 2. The second-order valence-corrected chi connectivity index (χ2v) is 5.78. The molecule has 0 amide bonds. The number of hydrogen-bond acceptors (Lipinski definition) is 3. The predicted molar refractivity (Wildman–Crippen MR) is 83.6 cm³/mol. The summed E-state index contributed by atoms with van der Waals surface area (Å²) in [6.07, 6.45) is 0.770. The molecule has 0 aromatic heterocycles. The highest BCUT2D eigenvalue weighted by Crippen LogP contribution is 2.37. The van der Waals surface area contributed by atoms with Crippen LogP contribution in [0.3, 0.4) is 0 Å². The van der Waals surface area contributed by atoms with Crippen molar-refractivity contribution in [3.8, 4) is 11.5 Å². The van der Waals surface area contributed by atoms with Crippen molar-refractivity contribution in [2.45, 2.75) is 12.5 Å². The summed E-state index contributed by atoms with van der Waals surface area (Å²) < 4.78 is 25.6. The Kier molecular flexibility index (Phi) is 4.01. The van der Waals surface area contributed by atoms with Gasteiger partial charge in [0.1, 0.15) is 17.3 Å². The van der Waals surface area contributed by atoms with E-state index in [0.29, 0.717) is 12.3 Å². The van der Waals surface area contributed by atoms with E-state index in [1.807, 2.05) is 18.2 Å². The largest absolute Gasteiger partial charge is 0.497 e. The van der Waals surface area contributed by atoms with Crippen molar-refractivity contribution in [3.63, 3.8) is 0 Å². The molecular weight excluding hydrogens is 337 g/mol. The Bertz CT molecular complexity index is 663. The molecule has 1 atom stereocenters. The first-order chi connectivity index (χ1) is 10.2. The maximum atomic E-state index is 13.9. The van der Waals surface area contributed by atoms with E-state index in [0.717, 1.165) is 28.0 Å². The van der Waals surface area contributed by atoms with Gasteiger partial charge in [-0.1, -0.05) is 15.9 Å². The maximum absolute atomic E-state index is 13.9. The van der Waals surface area contributed by atoms with E-state index in [2.05, 4.69) is 21.2 Å². The fourth-order valence-corrected chi connectivity index (χ4v) is 2.81. The number of hydrogen-bond donors (Lipinski definition) is 1. The van der Waals surface area contributed by atoms with Gasteiger partial charge in [0.05, 0.1) is 25.4 Å². The molecule has 2 aromatic carbocycles. The van der Waals surface area contributed by atoms with Crippen LogP contribution in [0.25, 0.3) is 0 Å². The van der Waals surface area contributed by atoms with Crippen molar-refractivity contribution >= 4 is 21.6 Å². The zero-order valence-corrected chi connectivity index (χ0v) is 13.1. The van der Waals surface area contributed by atoms with E-state index in [-0.39, 0.29) is 11.9 Å². The summed E-state index contributed by atoms with van der Waals surface area (Å²) in [5.74, 6) is 1.31. The Morgan fingerprint density at radius 3 is 2.95 bits per heavy atom. The van der Waals surface area contributed by atoms with Crippen LogP contribution in [0.15, 0.2) is 40.9 Å². The van der Waals surface area contributed by atoms with Crippen LogP contribution >= 0.6 is 15.9 Å². The molecule has 1 N–H and O–H groups in total. The van der Waals surface area contributed by atoms with E-state index in [1.165, 1.54) is 6.07 Å². The fourth-order valence-electron chi connectivity index (χ4n) is 2.45. The highest BCUT2D eigenvalue weighted by Gasteiger charge is 2.23. The van der Waals surface area contributed by atoms with Crippen molar-refractivity contribution in [3.05, 3.63) is 52.3 Å². The normalized spacial score (nSPS) is 16.8. The van der Waals surface area contributed by atoms with Gasteiger partial charge in [-0.2, -0.15) is 0 Å². The fraction of sp³-hybridized carbons (Fsp3) is 0.250. The third-order valence-corrected chi connectivity index (χ3v) is 4.01.